The van der Waals surface area contributed by atoms with Gasteiger partial charge >= 0.3 is 0 Å². The van der Waals surface area contributed by atoms with Crippen LogP contribution in [-0.4, -0.2) is 16.5 Å². The van der Waals surface area contributed by atoms with Gasteiger partial charge < -0.3 is 10.8 Å². The second-order valence-electron chi connectivity index (χ2n) is 4.29. The molecule has 3 heteroatoms. The zero-order chi connectivity index (χ0) is 10.7. The monoisotopic (exact) mass is 223 g/mol. The molecule has 0 unspecified atom stereocenters. The van der Waals surface area contributed by atoms with Crippen molar-refractivity contribution in [2.24, 2.45) is 0 Å². The van der Waals surface area contributed by atoms with Crippen molar-refractivity contribution < 1.29 is 5.11 Å². The molecule has 0 bridgehead atoms. The topological polar surface area (TPSA) is 46.2 Å². The van der Waals surface area contributed by atoms with Crippen LogP contribution in [0.1, 0.15) is 25.7 Å². The number of benzene rings is 1. The fourth-order valence-corrected chi connectivity index (χ4v) is 3.01. The highest BCUT2D eigenvalue weighted by molar-refractivity contribution is 7.99. The minimum absolute atomic E-state index is 0.425. The van der Waals surface area contributed by atoms with Crippen molar-refractivity contribution in [3.63, 3.8) is 0 Å². The van der Waals surface area contributed by atoms with Crippen LogP contribution in [0.3, 0.4) is 0 Å². The molecule has 1 fully saturated rings. The molecule has 0 atom stereocenters. The van der Waals surface area contributed by atoms with E-state index in [9.17, 15) is 5.11 Å². The van der Waals surface area contributed by atoms with Crippen LogP contribution >= 0.6 is 11.8 Å². The highest BCUT2D eigenvalue weighted by Gasteiger charge is 2.30. The van der Waals surface area contributed by atoms with Gasteiger partial charge in [-0.2, -0.15) is 0 Å². The van der Waals surface area contributed by atoms with E-state index in [1.165, 1.54) is 17.7 Å². The molecule has 1 aliphatic carbocycles. The van der Waals surface area contributed by atoms with E-state index in [2.05, 4.69) is 0 Å². The van der Waals surface area contributed by atoms with Crippen molar-refractivity contribution in [1.29, 1.82) is 0 Å². The molecule has 2 rings (SSSR count). The van der Waals surface area contributed by atoms with Crippen LogP contribution in [0.25, 0.3) is 0 Å². The van der Waals surface area contributed by atoms with E-state index in [1.54, 1.807) is 11.8 Å². The van der Waals surface area contributed by atoms with E-state index >= 15 is 0 Å². The Morgan fingerprint density at radius 2 is 1.80 bits per heavy atom. The van der Waals surface area contributed by atoms with E-state index in [0.29, 0.717) is 0 Å². The maximum Gasteiger partial charge on any atom is 0.0741 e. The Morgan fingerprint density at radius 3 is 2.40 bits per heavy atom. The van der Waals surface area contributed by atoms with Crippen molar-refractivity contribution in [2.45, 2.75) is 36.2 Å². The van der Waals surface area contributed by atoms with Crippen LogP contribution < -0.4 is 5.73 Å². The van der Waals surface area contributed by atoms with Crippen molar-refractivity contribution >= 4 is 17.4 Å². The molecule has 0 spiro atoms. The lowest BCUT2D eigenvalue weighted by Crippen LogP contribution is -2.26. The minimum Gasteiger partial charge on any atom is -0.399 e. The predicted octanol–water partition coefficient (Wildman–Crippen LogP) is 2.67. The lowest BCUT2D eigenvalue weighted by atomic mass is 10.1. The van der Waals surface area contributed by atoms with Crippen LogP contribution in [0.5, 0.6) is 0 Å². The molecule has 0 aromatic heterocycles. The molecule has 1 saturated carbocycles. The summed E-state index contributed by atoms with van der Waals surface area (Å²) in [6.07, 6.45) is 4.24. The molecule has 0 saturated heterocycles. The molecule has 0 amide bonds. The number of hydrogen-bond acceptors (Lipinski definition) is 3. The van der Waals surface area contributed by atoms with Gasteiger partial charge in [0.1, 0.15) is 0 Å². The first-order valence-corrected chi connectivity index (χ1v) is 6.37. The Balaban J connectivity index is 1.90. The summed E-state index contributed by atoms with van der Waals surface area (Å²) in [6.45, 7) is 0. The molecule has 1 aromatic carbocycles. The number of thioether (sulfide) groups is 1. The summed E-state index contributed by atoms with van der Waals surface area (Å²) in [5, 5.41) is 10.2. The Kier molecular flexibility index (Phi) is 3.22. The van der Waals surface area contributed by atoms with Gasteiger partial charge in [0.25, 0.3) is 0 Å². The Bertz CT molecular complexity index is 317. The van der Waals surface area contributed by atoms with E-state index in [4.69, 9.17) is 5.73 Å². The summed E-state index contributed by atoms with van der Waals surface area (Å²) in [4.78, 5) is 1.18. The van der Waals surface area contributed by atoms with Crippen LogP contribution in [-0.2, 0) is 0 Å². The fraction of sp³-hybridized carbons (Fsp3) is 0.500. The largest absolute Gasteiger partial charge is 0.399 e. The number of aliphatic hydroxyl groups is 1. The summed E-state index contributed by atoms with van der Waals surface area (Å²) in [5.41, 5.74) is 5.98. The van der Waals surface area contributed by atoms with Gasteiger partial charge in [0.05, 0.1) is 5.60 Å². The predicted molar refractivity (Wildman–Crippen MR) is 65.0 cm³/mol. The summed E-state index contributed by atoms with van der Waals surface area (Å²) < 4.78 is 0. The summed E-state index contributed by atoms with van der Waals surface area (Å²) in [6, 6.07) is 7.83. The van der Waals surface area contributed by atoms with Crippen LogP contribution in [0.15, 0.2) is 29.2 Å². The van der Waals surface area contributed by atoms with Gasteiger partial charge in [0, 0.05) is 16.3 Å². The van der Waals surface area contributed by atoms with E-state index in [0.717, 1.165) is 24.3 Å². The molecule has 0 heterocycles. The van der Waals surface area contributed by atoms with Crippen LogP contribution in [0.2, 0.25) is 0 Å². The third kappa shape index (κ3) is 2.89. The molecule has 3 N–H and O–H groups in total. The lowest BCUT2D eigenvalue weighted by molar-refractivity contribution is 0.0733. The summed E-state index contributed by atoms with van der Waals surface area (Å²) in [7, 11) is 0. The molecule has 1 aliphatic rings. The second kappa shape index (κ2) is 4.45. The summed E-state index contributed by atoms with van der Waals surface area (Å²) >= 11 is 1.72. The zero-order valence-corrected chi connectivity index (χ0v) is 9.59. The minimum atomic E-state index is -0.425. The van der Waals surface area contributed by atoms with Gasteiger partial charge in [-0.15, -0.1) is 11.8 Å². The fourth-order valence-electron chi connectivity index (χ4n) is 1.96. The standard InChI is InChI=1S/C12H17NOS/c13-10-3-5-11(6-4-10)15-9-12(14)7-1-2-8-12/h3-6,14H,1-2,7-9,13H2. The van der Waals surface area contributed by atoms with Gasteiger partial charge in [0.2, 0.25) is 0 Å². The Hall–Kier alpha value is -0.670. The third-order valence-electron chi connectivity index (χ3n) is 2.92. The van der Waals surface area contributed by atoms with E-state index < -0.39 is 5.60 Å². The Labute approximate surface area is 94.9 Å². The van der Waals surface area contributed by atoms with Gasteiger partial charge in [-0.05, 0) is 37.1 Å². The maximum atomic E-state index is 10.2. The zero-order valence-electron chi connectivity index (χ0n) is 8.78. The van der Waals surface area contributed by atoms with Crippen molar-refractivity contribution in [3.05, 3.63) is 24.3 Å². The number of anilines is 1. The SMILES string of the molecule is Nc1ccc(SCC2(O)CCCC2)cc1. The molecule has 15 heavy (non-hydrogen) atoms. The highest BCUT2D eigenvalue weighted by Crippen LogP contribution is 2.34. The average Bonchev–Trinajstić information content (AvgIpc) is 2.65. The molecular weight excluding hydrogens is 206 g/mol. The second-order valence-corrected chi connectivity index (χ2v) is 5.34. The molecule has 2 nitrogen and oxygen atoms in total. The van der Waals surface area contributed by atoms with E-state index in [-0.39, 0.29) is 0 Å². The quantitative estimate of drug-likeness (QED) is 0.611. The third-order valence-corrected chi connectivity index (χ3v) is 4.21. The van der Waals surface area contributed by atoms with E-state index in [1.807, 2.05) is 24.3 Å². The molecular formula is C12H17NOS. The van der Waals surface area contributed by atoms with Crippen molar-refractivity contribution in [3.8, 4) is 0 Å². The summed E-state index contributed by atoms with van der Waals surface area (Å²) in [5.74, 6) is 0.802. The van der Waals surface area contributed by atoms with Gasteiger partial charge in [-0.25, -0.2) is 0 Å². The van der Waals surface area contributed by atoms with Crippen LogP contribution in [0, 0.1) is 0 Å². The molecule has 0 radical (unpaired) electrons. The first-order chi connectivity index (χ1) is 7.18. The highest BCUT2D eigenvalue weighted by atomic mass is 32.2. The Morgan fingerprint density at radius 1 is 1.20 bits per heavy atom. The molecule has 0 aliphatic heterocycles. The van der Waals surface area contributed by atoms with Crippen LogP contribution in [0.4, 0.5) is 5.69 Å². The first-order valence-electron chi connectivity index (χ1n) is 5.39. The number of nitrogens with two attached hydrogens (primary N) is 1. The van der Waals surface area contributed by atoms with Gasteiger partial charge in [0.15, 0.2) is 0 Å². The normalized spacial score (nSPS) is 19.3. The first kappa shape index (κ1) is 10.8. The number of hydrogen-bond donors (Lipinski definition) is 2. The smallest absolute Gasteiger partial charge is 0.0741 e. The lowest BCUT2D eigenvalue weighted by Gasteiger charge is -2.21. The van der Waals surface area contributed by atoms with Gasteiger partial charge in [-0.3, -0.25) is 0 Å². The van der Waals surface area contributed by atoms with Gasteiger partial charge in [-0.1, -0.05) is 12.8 Å². The molecule has 1 aromatic rings. The van der Waals surface area contributed by atoms with Crippen molar-refractivity contribution in [1.82, 2.24) is 0 Å². The number of rotatable bonds is 3. The maximum absolute atomic E-state index is 10.2. The van der Waals surface area contributed by atoms with Crippen molar-refractivity contribution in [2.75, 3.05) is 11.5 Å². The number of nitrogen functional groups attached to an aromatic ring is 1. The molecule has 82 valence electrons. The average molecular weight is 223 g/mol.